The lowest BCUT2D eigenvalue weighted by Crippen LogP contribution is -2.22. The number of fused-ring (bicyclic) bond motifs is 1. The highest BCUT2D eigenvalue weighted by Gasteiger charge is 2.15. The average Bonchev–Trinajstić information content (AvgIpc) is 2.85. The molecule has 1 N–H and O–H groups in total. The van der Waals surface area contributed by atoms with Crippen LogP contribution in [0.1, 0.15) is 21.6 Å². The summed E-state index contributed by atoms with van der Waals surface area (Å²) in [7, 11) is 4.68. The Labute approximate surface area is 196 Å². The number of amides is 1. The van der Waals surface area contributed by atoms with E-state index in [4.69, 9.17) is 14.2 Å². The van der Waals surface area contributed by atoms with E-state index < -0.39 is 0 Å². The van der Waals surface area contributed by atoms with E-state index in [1.807, 2.05) is 24.3 Å². The summed E-state index contributed by atoms with van der Waals surface area (Å²) in [5.41, 5.74) is 2.65. The van der Waals surface area contributed by atoms with Crippen molar-refractivity contribution in [2.75, 3.05) is 26.6 Å². The van der Waals surface area contributed by atoms with Crippen molar-refractivity contribution in [1.29, 1.82) is 0 Å². The summed E-state index contributed by atoms with van der Waals surface area (Å²) < 4.78 is 17.3. The highest BCUT2D eigenvalue weighted by atomic mass is 16.5. The first-order valence-corrected chi connectivity index (χ1v) is 10.6. The van der Waals surface area contributed by atoms with Crippen molar-refractivity contribution >= 4 is 22.5 Å². The van der Waals surface area contributed by atoms with Crippen LogP contribution >= 0.6 is 0 Å². The molecule has 0 bridgehead atoms. The number of aryl methyl sites for hydroxylation is 1. The molecule has 2 aromatic heterocycles. The van der Waals surface area contributed by atoms with Gasteiger partial charge in [-0.15, -0.1) is 0 Å². The minimum Gasteiger partial charge on any atom is -0.497 e. The van der Waals surface area contributed by atoms with E-state index in [0.29, 0.717) is 45.9 Å². The average molecular weight is 460 g/mol. The zero-order valence-electron chi connectivity index (χ0n) is 19.4. The van der Waals surface area contributed by atoms with Crippen LogP contribution in [-0.2, 0) is 6.54 Å². The fourth-order valence-corrected chi connectivity index (χ4v) is 3.70. The second kappa shape index (κ2) is 9.66. The number of anilines is 1. The van der Waals surface area contributed by atoms with Gasteiger partial charge < -0.3 is 24.1 Å². The normalized spacial score (nSPS) is 10.7. The van der Waals surface area contributed by atoms with Gasteiger partial charge in [0.05, 0.1) is 50.0 Å². The van der Waals surface area contributed by atoms with Gasteiger partial charge in [0.1, 0.15) is 5.75 Å². The van der Waals surface area contributed by atoms with E-state index in [2.05, 4.69) is 10.3 Å². The molecule has 4 rings (SSSR count). The van der Waals surface area contributed by atoms with E-state index in [1.165, 1.54) is 7.11 Å². The first-order chi connectivity index (χ1) is 16.4. The molecule has 174 valence electrons. The van der Waals surface area contributed by atoms with Crippen molar-refractivity contribution in [2.24, 2.45) is 0 Å². The highest BCUT2D eigenvalue weighted by Crippen LogP contribution is 2.30. The van der Waals surface area contributed by atoms with Crippen molar-refractivity contribution in [2.45, 2.75) is 13.5 Å². The third kappa shape index (κ3) is 4.56. The van der Waals surface area contributed by atoms with E-state index in [9.17, 15) is 9.59 Å². The topological polar surface area (TPSA) is 91.7 Å². The fraction of sp³-hybridized carbons (Fsp3) is 0.192. The zero-order chi connectivity index (χ0) is 24.2. The number of ether oxygens (including phenoxy) is 3. The second-order valence-corrected chi connectivity index (χ2v) is 7.67. The van der Waals surface area contributed by atoms with Crippen LogP contribution in [0.5, 0.6) is 17.2 Å². The maximum absolute atomic E-state index is 13.2. The molecule has 0 unspecified atom stereocenters. The van der Waals surface area contributed by atoms with Gasteiger partial charge in [-0.05, 0) is 48.9 Å². The van der Waals surface area contributed by atoms with E-state index in [1.54, 1.807) is 62.2 Å². The number of methoxy groups -OCH3 is 3. The molecule has 0 saturated heterocycles. The van der Waals surface area contributed by atoms with Gasteiger partial charge in [-0.25, -0.2) is 0 Å². The standard InChI is InChI=1S/C26H25N3O5/c1-16-20(25(30)28-18-7-10-23(33-3)24(13-18)34-4)14-21-22(27-16)11-12-29(26(21)31)15-17-5-8-19(32-2)9-6-17/h5-14H,15H2,1-4H3,(H,28,30). The number of aromatic nitrogens is 2. The minimum atomic E-state index is -0.371. The number of nitrogens with zero attached hydrogens (tertiary/aromatic N) is 2. The zero-order valence-corrected chi connectivity index (χ0v) is 19.4. The number of benzene rings is 2. The molecular formula is C26H25N3O5. The van der Waals surface area contributed by atoms with Crippen molar-refractivity contribution in [3.05, 3.63) is 88.0 Å². The first-order valence-electron chi connectivity index (χ1n) is 10.6. The van der Waals surface area contributed by atoms with Gasteiger partial charge in [0.25, 0.3) is 11.5 Å². The molecule has 8 heteroatoms. The molecule has 0 aliphatic heterocycles. The Balaban J connectivity index is 1.65. The number of nitrogens with one attached hydrogen (secondary N) is 1. The third-order valence-electron chi connectivity index (χ3n) is 5.54. The van der Waals surface area contributed by atoms with Crippen LogP contribution in [-0.4, -0.2) is 36.8 Å². The Hall–Kier alpha value is -4.33. The summed E-state index contributed by atoms with van der Waals surface area (Å²) in [5, 5.41) is 3.21. The molecule has 0 spiro atoms. The Bertz CT molecular complexity index is 1410. The number of hydrogen-bond acceptors (Lipinski definition) is 6. The van der Waals surface area contributed by atoms with Gasteiger partial charge in [-0.3, -0.25) is 14.6 Å². The molecule has 0 radical (unpaired) electrons. The van der Waals surface area contributed by atoms with Gasteiger partial charge in [0.15, 0.2) is 11.5 Å². The molecule has 34 heavy (non-hydrogen) atoms. The highest BCUT2D eigenvalue weighted by molar-refractivity contribution is 6.06. The predicted molar refractivity (Wildman–Crippen MR) is 130 cm³/mol. The third-order valence-corrected chi connectivity index (χ3v) is 5.54. The van der Waals surface area contributed by atoms with Crippen LogP contribution in [0.4, 0.5) is 5.69 Å². The van der Waals surface area contributed by atoms with Gasteiger partial charge in [-0.2, -0.15) is 0 Å². The van der Waals surface area contributed by atoms with E-state index >= 15 is 0 Å². The summed E-state index contributed by atoms with van der Waals surface area (Å²) >= 11 is 0. The fourth-order valence-electron chi connectivity index (χ4n) is 3.70. The van der Waals surface area contributed by atoms with Crippen LogP contribution in [0.3, 0.4) is 0 Å². The van der Waals surface area contributed by atoms with Gasteiger partial charge >= 0.3 is 0 Å². The molecule has 8 nitrogen and oxygen atoms in total. The molecule has 0 aliphatic rings. The van der Waals surface area contributed by atoms with Crippen LogP contribution in [0.2, 0.25) is 0 Å². The molecule has 2 aromatic carbocycles. The number of carbonyl (C=O) groups is 1. The Kier molecular flexibility index (Phi) is 6.49. The number of pyridine rings is 2. The summed E-state index contributed by atoms with van der Waals surface area (Å²) in [5.74, 6) is 1.43. The molecule has 2 heterocycles. The first kappa shape index (κ1) is 22.8. The lowest BCUT2D eigenvalue weighted by atomic mass is 10.1. The SMILES string of the molecule is COc1ccc(Cn2ccc3nc(C)c(C(=O)Nc4ccc(OC)c(OC)c4)cc3c2=O)cc1. The minimum absolute atomic E-state index is 0.221. The molecule has 0 saturated carbocycles. The molecule has 0 atom stereocenters. The summed E-state index contributed by atoms with van der Waals surface area (Å²) in [4.78, 5) is 30.7. The maximum atomic E-state index is 13.2. The van der Waals surface area contributed by atoms with Gasteiger partial charge in [0.2, 0.25) is 0 Å². The lowest BCUT2D eigenvalue weighted by Gasteiger charge is -2.12. The molecule has 0 aliphatic carbocycles. The Morgan fingerprint density at radius 3 is 2.35 bits per heavy atom. The van der Waals surface area contributed by atoms with E-state index in [0.717, 1.165) is 11.3 Å². The number of carbonyl (C=O) groups excluding carboxylic acids is 1. The van der Waals surface area contributed by atoms with Crippen molar-refractivity contribution in [3.63, 3.8) is 0 Å². The molecule has 1 amide bonds. The largest absolute Gasteiger partial charge is 0.497 e. The molecule has 4 aromatic rings. The van der Waals surface area contributed by atoms with Gasteiger partial charge in [0, 0.05) is 18.0 Å². The predicted octanol–water partition coefficient (Wildman–Crippen LogP) is 4.03. The van der Waals surface area contributed by atoms with Crippen molar-refractivity contribution < 1.29 is 19.0 Å². The van der Waals surface area contributed by atoms with Crippen LogP contribution in [0, 0.1) is 6.92 Å². The van der Waals surface area contributed by atoms with Crippen LogP contribution in [0.25, 0.3) is 10.9 Å². The van der Waals surface area contributed by atoms with Crippen LogP contribution in [0.15, 0.2) is 65.6 Å². The maximum Gasteiger partial charge on any atom is 0.260 e. The molecular weight excluding hydrogens is 434 g/mol. The van der Waals surface area contributed by atoms with Gasteiger partial charge in [-0.1, -0.05) is 12.1 Å². The second-order valence-electron chi connectivity index (χ2n) is 7.67. The van der Waals surface area contributed by atoms with E-state index in [-0.39, 0.29) is 11.5 Å². The Morgan fingerprint density at radius 2 is 1.68 bits per heavy atom. The lowest BCUT2D eigenvalue weighted by molar-refractivity contribution is 0.102. The Morgan fingerprint density at radius 1 is 0.941 bits per heavy atom. The smallest absolute Gasteiger partial charge is 0.260 e. The quantitative estimate of drug-likeness (QED) is 0.449. The monoisotopic (exact) mass is 459 g/mol. The van der Waals surface area contributed by atoms with Crippen LogP contribution < -0.4 is 25.1 Å². The summed E-state index contributed by atoms with van der Waals surface area (Å²) in [6.07, 6.45) is 1.71. The van der Waals surface area contributed by atoms with Crippen molar-refractivity contribution in [3.8, 4) is 17.2 Å². The summed E-state index contributed by atoms with van der Waals surface area (Å²) in [6.45, 7) is 2.13. The molecule has 0 fully saturated rings. The summed E-state index contributed by atoms with van der Waals surface area (Å²) in [6, 6.07) is 16.0. The van der Waals surface area contributed by atoms with Crippen molar-refractivity contribution in [1.82, 2.24) is 9.55 Å². The number of hydrogen-bond donors (Lipinski definition) is 1. The number of rotatable bonds is 7.